The van der Waals surface area contributed by atoms with Crippen LogP contribution in [-0.2, 0) is 16.1 Å². The number of carboxylic acid groups (broad SMARTS) is 1. The minimum atomic E-state index is -1.05. The fourth-order valence-corrected chi connectivity index (χ4v) is 5.13. The molecule has 0 radical (unpaired) electrons. The zero-order chi connectivity index (χ0) is 33.3. The van der Waals surface area contributed by atoms with Gasteiger partial charge in [-0.3, -0.25) is 9.78 Å². The first-order chi connectivity index (χ1) is 21.9. The van der Waals surface area contributed by atoms with Gasteiger partial charge in [0.2, 0.25) is 0 Å². The minimum absolute atomic E-state index is 0.133. The summed E-state index contributed by atoms with van der Waals surface area (Å²) in [6, 6.07) is 17.6. The van der Waals surface area contributed by atoms with Gasteiger partial charge in [-0.25, -0.2) is 9.59 Å². The fraction of sp³-hybridized carbons (Fsp3) is 0.429. The van der Waals surface area contributed by atoms with Crippen molar-refractivity contribution >= 4 is 18.0 Å². The van der Waals surface area contributed by atoms with Crippen molar-refractivity contribution in [3.8, 4) is 17.2 Å². The second-order valence-electron chi connectivity index (χ2n) is 12.6. The van der Waals surface area contributed by atoms with Gasteiger partial charge < -0.3 is 34.0 Å². The van der Waals surface area contributed by atoms with Crippen LogP contribution in [0.4, 0.5) is 4.79 Å². The Morgan fingerprint density at radius 1 is 0.935 bits per heavy atom. The van der Waals surface area contributed by atoms with E-state index in [1.54, 1.807) is 72.4 Å². The number of nitrogens with zero attached hydrogens (tertiary/aromatic N) is 4. The molecule has 1 saturated heterocycles. The van der Waals surface area contributed by atoms with Gasteiger partial charge in [0.15, 0.2) is 6.61 Å². The Labute approximate surface area is 270 Å². The molecule has 1 aromatic heterocycles. The van der Waals surface area contributed by atoms with E-state index in [9.17, 15) is 14.4 Å². The summed E-state index contributed by atoms with van der Waals surface area (Å²) in [7, 11) is 3.55. The second-order valence-corrected chi connectivity index (χ2v) is 12.6. The summed E-state index contributed by atoms with van der Waals surface area (Å²) in [6.07, 6.45) is 3.47. The number of carboxylic acids is 1. The van der Waals surface area contributed by atoms with Gasteiger partial charge in [-0.05, 0) is 107 Å². The standard InChI is InChI=1S/C35H44N4O7/c1-35(2,3)46-34(43)37(4)19-20-39-17-14-26(15-18-39)31-21-25(13-16-36-31)23-38(5)33(42)27-7-6-8-30(22-27)45-29-11-9-28(10-12-29)44-24-32(40)41/h6-13,16,21-22,26H,14-15,17-20,23-24H2,1-5H3,(H,40,41). The number of carbonyl (C=O) groups excluding carboxylic acids is 2. The molecule has 0 saturated carbocycles. The summed E-state index contributed by atoms with van der Waals surface area (Å²) in [4.78, 5) is 46.6. The molecule has 0 unspecified atom stereocenters. The molecular weight excluding hydrogens is 588 g/mol. The highest BCUT2D eigenvalue weighted by molar-refractivity contribution is 5.94. The highest BCUT2D eigenvalue weighted by Gasteiger charge is 2.24. The molecule has 3 aromatic rings. The highest BCUT2D eigenvalue weighted by atomic mass is 16.6. The zero-order valence-electron chi connectivity index (χ0n) is 27.3. The predicted molar refractivity (Wildman–Crippen MR) is 173 cm³/mol. The van der Waals surface area contributed by atoms with Gasteiger partial charge in [0, 0.05) is 57.1 Å². The summed E-state index contributed by atoms with van der Waals surface area (Å²) in [5.41, 5.74) is 2.05. The molecule has 11 nitrogen and oxygen atoms in total. The topological polar surface area (TPSA) is 122 Å². The number of amides is 2. The van der Waals surface area contributed by atoms with Crippen LogP contribution in [0.25, 0.3) is 0 Å². The molecule has 1 fully saturated rings. The van der Waals surface area contributed by atoms with Crippen molar-refractivity contribution in [1.82, 2.24) is 19.7 Å². The van der Waals surface area contributed by atoms with Crippen LogP contribution in [0.2, 0.25) is 0 Å². The lowest BCUT2D eigenvalue weighted by Crippen LogP contribution is -2.41. The maximum atomic E-state index is 13.3. The first kappa shape index (κ1) is 34.2. The maximum absolute atomic E-state index is 13.3. The van der Waals surface area contributed by atoms with Crippen molar-refractivity contribution in [1.29, 1.82) is 0 Å². The summed E-state index contributed by atoms with van der Waals surface area (Å²) < 4.78 is 16.5. The second kappa shape index (κ2) is 15.6. The molecule has 11 heteroatoms. The van der Waals surface area contributed by atoms with E-state index in [2.05, 4.69) is 16.0 Å². The van der Waals surface area contributed by atoms with Crippen LogP contribution in [-0.4, -0.2) is 95.2 Å². The largest absolute Gasteiger partial charge is 0.482 e. The smallest absolute Gasteiger partial charge is 0.410 e. The zero-order valence-corrected chi connectivity index (χ0v) is 27.3. The van der Waals surface area contributed by atoms with Crippen molar-refractivity contribution in [3.63, 3.8) is 0 Å². The van der Waals surface area contributed by atoms with Crippen LogP contribution in [0.3, 0.4) is 0 Å². The average Bonchev–Trinajstić information content (AvgIpc) is 3.02. The van der Waals surface area contributed by atoms with Crippen LogP contribution in [0, 0.1) is 0 Å². The average molecular weight is 633 g/mol. The lowest BCUT2D eigenvalue weighted by molar-refractivity contribution is -0.139. The van der Waals surface area contributed by atoms with Gasteiger partial charge >= 0.3 is 12.1 Å². The molecule has 1 aliphatic heterocycles. The number of likely N-dealkylation sites (N-methyl/N-ethyl adjacent to an activating group) is 1. The number of hydrogen-bond donors (Lipinski definition) is 1. The van der Waals surface area contributed by atoms with Crippen molar-refractivity contribution in [2.24, 2.45) is 0 Å². The van der Waals surface area contributed by atoms with Crippen molar-refractivity contribution in [2.45, 2.75) is 51.7 Å². The van der Waals surface area contributed by atoms with Crippen LogP contribution in [0.15, 0.2) is 66.9 Å². The van der Waals surface area contributed by atoms with Crippen molar-refractivity contribution in [3.05, 3.63) is 83.7 Å². The normalized spacial score (nSPS) is 13.9. The summed E-state index contributed by atoms with van der Waals surface area (Å²) in [5, 5.41) is 8.76. The molecule has 0 atom stereocenters. The Morgan fingerprint density at radius 2 is 1.63 bits per heavy atom. The number of likely N-dealkylation sites (tertiary alicyclic amines) is 1. The van der Waals surface area contributed by atoms with Gasteiger partial charge in [0.05, 0.1) is 0 Å². The van der Waals surface area contributed by atoms with E-state index < -0.39 is 18.2 Å². The Balaban J connectivity index is 1.27. The molecule has 0 aliphatic carbocycles. The fourth-order valence-electron chi connectivity index (χ4n) is 5.13. The molecule has 4 rings (SSSR count). The Kier molecular flexibility index (Phi) is 11.6. The van der Waals surface area contributed by atoms with E-state index in [1.807, 2.05) is 33.0 Å². The minimum Gasteiger partial charge on any atom is -0.482 e. The third kappa shape index (κ3) is 10.5. The van der Waals surface area contributed by atoms with E-state index in [4.69, 9.17) is 19.3 Å². The molecule has 2 amide bonds. The van der Waals surface area contributed by atoms with Crippen LogP contribution in [0.1, 0.15) is 61.1 Å². The molecule has 0 bridgehead atoms. The number of ether oxygens (including phenoxy) is 3. The summed E-state index contributed by atoms with van der Waals surface area (Å²) >= 11 is 0. The molecule has 0 spiro atoms. The Hall–Kier alpha value is -4.64. The molecule has 246 valence electrons. The van der Waals surface area contributed by atoms with E-state index in [0.717, 1.165) is 43.7 Å². The number of piperidine rings is 1. The Morgan fingerprint density at radius 3 is 2.30 bits per heavy atom. The number of benzene rings is 2. The van der Waals surface area contributed by atoms with E-state index in [-0.39, 0.29) is 12.0 Å². The highest BCUT2D eigenvalue weighted by Crippen LogP contribution is 2.28. The van der Waals surface area contributed by atoms with Gasteiger partial charge in [-0.15, -0.1) is 0 Å². The lowest BCUT2D eigenvalue weighted by Gasteiger charge is -2.33. The van der Waals surface area contributed by atoms with Crippen LogP contribution < -0.4 is 9.47 Å². The number of hydrogen-bond acceptors (Lipinski definition) is 8. The van der Waals surface area contributed by atoms with E-state index >= 15 is 0 Å². The van der Waals surface area contributed by atoms with E-state index in [0.29, 0.717) is 41.8 Å². The Bertz CT molecular complexity index is 1480. The molecule has 1 N–H and O–H groups in total. The van der Waals surface area contributed by atoms with Crippen molar-refractivity contribution in [2.75, 3.05) is 46.9 Å². The number of aliphatic carboxylic acids is 1. The number of pyridine rings is 1. The molecule has 46 heavy (non-hydrogen) atoms. The SMILES string of the molecule is CN(CCN1CCC(c2cc(CN(C)C(=O)c3cccc(Oc4ccc(OCC(=O)O)cc4)c3)ccn2)CC1)C(=O)OC(C)(C)C. The predicted octanol–water partition coefficient (Wildman–Crippen LogP) is 5.66. The monoisotopic (exact) mass is 632 g/mol. The van der Waals surface area contributed by atoms with Crippen LogP contribution >= 0.6 is 0 Å². The maximum Gasteiger partial charge on any atom is 0.410 e. The number of carbonyl (C=O) groups is 3. The first-order valence-electron chi connectivity index (χ1n) is 15.5. The van der Waals surface area contributed by atoms with Gasteiger partial charge in [0.25, 0.3) is 5.91 Å². The van der Waals surface area contributed by atoms with Gasteiger partial charge in [-0.1, -0.05) is 6.07 Å². The molecule has 2 aromatic carbocycles. The first-order valence-corrected chi connectivity index (χ1v) is 15.5. The third-order valence-corrected chi connectivity index (χ3v) is 7.58. The quantitative estimate of drug-likeness (QED) is 0.270. The lowest BCUT2D eigenvalue weighted by atomic mass is 9.92. The van der Waals surface area contributed by atoms with Crippen molar-refractivity contribution < 1.29 is 33.7 Å². The summed E-state index contributed by atoms with van der Waals surface area (Å²) in [5.74, 6) is 0.617. The number of aromatic nitrogens is 1. The summed E-state index contributed by atoms with van der Waals surface area (Å²) in [6.45, 7) is 8.89. The van der Waals surface area contributed by atoms with Gasteiger partial charge in [0.1, 0.15) is 22.8 Å². The molecular formula is C35H44N4O7. The molecule has 2 heterocycles. The van der Waals surface area contributed by atoms with E-state index in [1.165, 1.54) is 0 Å². The van der Waals surface area contributed by atoms with Crippen LogP contribution in [0.5, 0.6) is 17.2 Å². The third-order valence-electron chi connectivity index (χ3n) is 7.58. The molecule has 1 aliphatic rings. The number of rotatable bonds is 12. The van der Waals surface area contributed by atoms with Gasteiger partial charge in [-0.2, -0.15) is 0 Å².